The van der Waals surface area contributed by atoms with Crippen molar-refractivity contribution in [1.29, 1.82) is 0 Å². The molecular formula is C16H17N3OS. The van der Waals surface area contributed by atoms with Crippen molar-refractivity contribution in [2.24, 2.45) is 0 Å². The molecule has 108 valence electrons. The topological polar surface area (TPSA) is 42.2 Å². The van der Waals surface area contributed by atoms with Crippen molar-refractivity contribution in [2.45, 2.75) is 25.3 Å². The Morgan fingerprint density at radius 3 is 2.86 bits per heavy atom. The van der Waals surface area contributed by atoms with Gasteiger partial charge in [-0.05, 0) is 38.1 Å². The van der Waals surface area contributed by atoms with Gasteiger partial charge in [-0.25, -0.2) is 9.97 Å². The number of aromatic nitrogens is 2. The average molecular weight is 299 g/mol. The zero-order chi connectivity index (χ0) is 14.1. The maximum atomic E-state index is 5.43. The van der Waals surface area contributed by atoms with Crippen LogP contribution >= 0.6 is 11.3 Å². The molecule has 1 aliphatic rings. The van der Waals surface area contributed by atoms with Crippen LogP contribution in [0, 0.1) is 0 Å². The number of hydrogen-bond donors (Lipinski definition) is 0. The number of nitrogens with zero attached hydrogens (tertiary/aromatic N) is 3. The largest absolute Gasteiger partial charge is 0.448 e. The van der Waals surface area contributed by atoms with E-state index in [9.17, 15) is 0 Å². The second-order valence-electron chi connectivity index (χ2n) is 5.53. The molecule has 21 heavy (non-hydrogen) atoms. The number of hydrogen-bond acceptors (Lipinski definition) is 5. The van der Waals surface area contributed by atoms with Gasteiger partial charge in [0, 0.05) is 5.92 Å². The lowest BCUT2D eigenvalue weighted by molar-refractivity contribution is 0.195. The van der Waals surface area contributed by atoms with E-state index in [0.717, 1.165) is 43.8 Å². The van der Waals surface area contributed by atoms with Crippen molar-refractivity contribution in [3.63, 3.8) is 0 Å². The third-order valence-electron chi connectivity index (χ3n) is 4.14. The van der Waals surface area contributed by atoms with Crippen molar-refractivity contribution >= 4 is 21.6 Å². The lowest BCUT2D eigenvalue weighted by Crippen LogP contribution is -2.32. The van der Waals surface area contributed by atoms with Gasteiger partial charge in [-0.15, -0.1) is 11.3 Å². The minimum atomic E-state index is 0.527. The lowest BCUT2D eigenvalue weighted by Gasteiger charge is -2.30. The smallest absolute Gasteiger partial charge is 0.180 e. The first-order valence-corrected chi connectivity index (χ1v) is 8.15. The molecule has 1 saturated heterocycles. The van der Waals surface area contributed by atoms with Crippen LogP contribution < -0.4 is 0 Å². The summed E-state index contributed by atoms with van der Waals surface area (Å²) in [5.41, 5.74) is 1.12. The molecule has 0 amide bonds. The summed E-state index contributed by atoms with van der Waals surface area (Å²) < 4.78 is 6.71. The van der Waals surface area contributed by atoms with Crippen LogP contribution in [0.4, 0.5) is 0 Å². The first kappa shape index (κ1) is 13.0. The van der Waals surface area contributed by atoms with E-state index in [4.69, 9.17) is 9.40 Å². The molecule has 3 heterocycles. The fourth-order valence-electron chi connectivity index (χ4n) is 2.98. The van der Waals surface area contributed by atoms with Crippen LogP contribution in [0.1, 0.15) is 29.5 Å². The SMILES string of the molecule is c1ccc2sc(CN3CCC(c4cnco4)CC3)nc2c1. The first-order chi connectivity index (χ1) is 10.4. The van der Waals surface area contributed by atoms with Crippen LogP contribution in [0.2, 0.25) is 0 Å². The van der Waals surface area contributed by atoms with E-state index in [1.54, 1.807) is 0 Å². The van der Waals surface area contributed by atoms with Crippen molar-refractivity contribution in [3.05, 3.63) is 47.6 Å². The van der Waals surface area contributed by atoms with Gasteiger partial charge in [0.05, 0.1) is 23.0 Å². The fraction of sp³-hybridized carbons (Fsp3) is 0.375. The Labute approximate surface area is 127 Å². The Balaban J connectivity index is 1.40. The number of piperidine rings is 1. The molecule has 1 aromatic carbocycles. The van der Waals surface area contributed by atoms with Gasteiger partial charge in [0.2, 0.25) is 0 Å². The third kappa shape index (κ3) is 2.71. The summed E-state index contributed by atoms with van der Waals surface area (Å²) in [5, 5.41) is 1.22. The molecule has 5 heteroatoms. The molecule has 4 nitrogen and oxygen atoms in total. The Kier molecular flexibility index (Phi) is 3.45. The molecule has 0 unspecified atom stereocenters. The Hall–Kier alpha value is -1.72. The van der Waals surface area contributed by atoms with Gasteiger partial charge in [0.15, 0.2) is 6.39 Å². The van der Waals surface area contributed by atoms with Crippen molar-refractivity contribution in [1.82, 2.24) is 14.9 Å². The Bertz CT molecular complexity index is 681. The second kappa shape index (κ2) is 5.58. The molecule has 2 aromatic heterocycles. The standard InChI is InChI=1S/C16H17N3OS/c1-2-4-15-13(3-1)18-16(21-15)10-19-7-5-12(6-8-19)14-9-17-11-20-14/h1-4,9,11-12H,5-8,10H2. The van der Waals surface area contributed by atoms with E-state index >= 15 is 0 Å². The summed E-state index contributed by atoms with van der Waals surface area (Å²) in [6.45, 7) is 3.16. The number of rotatable bonds is 3. The number of benzene rings is 1. The zero-order valence-corrected chi connectivity index (χ0v) is 12.6. The second-order valence-corrected chi connectivity index (χ2v) is 6.64. The predicted molar refractivity (Wildman–Crippen MR) is 83.4 cm³/mol. The van der Waals surface area contributed by atoms with Crippen LogP contribution in [-0.2, 0) is 6.54 Å². The summed E-state index contributed by atoms with van der Waals surface area (Å²) in [5.74, 6) is 1.56. The van der Waals surface area contributed by atoms with E-state index in [1.807, 2.05) is 17.5 Å². The van der Waals surface area contributed by atoms with Gasteiger partial charge in [-0.1, -0.05) is 12.1 Å². The number of para-hydroxylation sites is 1. The average Bonchev–Trinajstić information content (AvgIpc) is 3.17. The van der Waals surface area contributed by atoms with Gasteiger partial charge < -0.3 is 4.42 Å². The van der Waals surface area contributed by atoms with E-state index in [1.165, 1.54) is 16.1 Å². The number of fused-ring (bicyclic) bond motifs is 1. The van der Waals surface area contributed by atoms with E-state index < -0.39 is 0 Å². The van der Waals surface area contributed by atoms with Crippen LogP contribution in [0.15, 0.2) is 41.3 Å². The molecule has 0 N–H and O–H groups in total. The third-order valence-corrected chi connectivity index (χ3v) is 5.16. The van der Waals surface area contributed by atoms with Gasteiger partial charge in [0.1, 0.15) is 10.8 Å². The van der Waals surface area contributed by atoms with E-state index in [0.29, 0.717) is 5.92 Å². The zero-order valence-electron chi connectivity index (χ0n) is 11.7. The highest BCUT2D eigenvalue weighted by Crippen LogP contribution is 2.29. The lowest BCUT2D eigenvalue weighted by atomic mass is 9.95. The number of oxazole rings is 1. The summed E-state index contributed by atoms with van der Waals surface area (Å²) in [6, 6.07) is 8.36. The molecule has 0 saturated carbocycles. The van der Waals surface area contributed by atoms with Crippen molar-refractivity contribution in [3.8, 4) is 0 Å². The Morgan fingerprint density at radius 2 is 2.10 bits per heavy atom. The van der Waals surface area contributed by atoms with Crippen LogP contribution in [0.3, 0.4) is 0 Å². The van der Waals surface area contributed by atoms with Gasteiger partial charge in [-0.3, -0.25) is 4.90 Å². The van der Waals surface area contributed by atoms with E-state index in [-0.39, 0.29) is 0 Å². The quantitative estimate of drug-likeness (QED) is 0.740. The van der Waals surface area contributed by atoms with Gasteiger partial charge in [0.25, 0.3) is 0 Å². The summed E-state index contributed by atoms with van der Waals surface area (Å²) >= 11 is 1.81. The summed E-state index contributed by atoms with van der Waals surface area (Å²) in [7, 11) is 0. The predicted octanol–water partition coefficient (Wildman–Crippen LogP) is 3.66. The molecule has 0 atom stereocenters. The molecule has 0 bridgehead atoms. The maximum Gasteiger partial charge on any atom is 0.180 e. The van der Waals surface area contributed by atoms with Gasteiger partial charge in [-0.2, -0.15) is 0 Å². The van der Waals surface area contributed by atoms with Crippen molar-refractivity contribution < 1.29 is 4.42 Å². The molecule has 4 rings (SSSR count). The molecule has 1 fully saturated rings. The molecule has 0 aliphatic carbocycles. The normalized spacial score (nSPS) is 17.5. The molecule has 0 radical (unpaired) electrons. The molecule has 3 aromatic rings. The summed E-state index contributed by atoms with van der Waals surface area (Å²) in [6.07, 6.45) is 5.66. The van der Waals surface area contributed by atoms with E-state index in [2.05, 4.69) is 34.1 Å². The Morgan fingerprint density at radius 1 is 1.24 bits per heavy atom. The fourth-order valence-corrected chi connectivity index (χ4v) is 3.99. The molecule has 0 spiro atoms. The highest BCUT2D eigenvalue weighted by atomic mass is 32.1. The monoisotopic (exact) mass is 299 g/mol. The summed E-state index contributed by atoms with van der Waals surface area (Å²) in [4.78, 5) is 11.2. The van der Waals surface area contributed by atoms with Crippen LogP contribution in [0.25, 0.3) is 10.2 Å². The minimum Gasteiger partial charge on any atom is -0.448 e. The van der Waals surface area contributed by atoms with Crippen LogP contribution in [-0.4, -0.2) is 28.0 Å². The highest BCUT2D eigenvalue weighted by molar-refractivity contribution is 7.18. The molecule has 1 aliphatic heterocycles. The molecular weight excluding hydrogens is 282 g/mol. The minimum absolute atomic E-state index is 0.527. The maximum absolute atomic E-state index is 5.43. The number of thiazole rings is 1. The number of likely N-dealkylation sites (tertiary alicyclic amines) is 1. The van der Waals surface area contributed by atoms with Crippen LogP contribution in [0.5, 0.6) is 0 Å². The first-order valence-electron chi connectivity index (χ1n) is 7.34. The van der Waals surface area contributed by atoms with Crippen molar-refractivity contribution in [2.75, 3.05) is 13.1 Å². The highest BCUT2D eigenvalue weighted by Gasteiger charge is 2.23. The van der Waals surface area contributed by atoms with Gasteiger partial charge >= 0.3 is 0 Å².